The summed E-state index contributed by atoms with van der Waals surface area (Å²) in [4.78, 5) is 15.6. The number of hydrogen-bond donors (Lipinski definition) is 1. The van der Waals surface area contributed by atoms with Crippen LogP contribution < -0.4 is 5.43 Å². The molecule has 96 valence electrons. The van der Waals surface area contributed by atoms with Crippen LogP contribution in [-0.4, -0.2) is 4.98 Å². The number of rotatable bonds is 1. The number of aryl methyl sites for hydroxylation is 1. The third-order valence-electron chi connectivity index (χ3n) is 2.95. The summed E-state index contributed by atoms with van der Waals surface area (Å²) in [7, 11) is 0. The van der Waals surface area contributed by atoms with Gasteiger partial charge >= 0.3 is 0 Å². The number of pyridine rings is 1. The normalized spacial score (nSPS) is 11.5. The average Bonchev–Trinajstić information content (AvgIpc) is 2.28. The zero-order valence-electron chi connectivity index (χ0n) is 10.2. The number of halogens is 3. The highest BCUT2D eigenvalue weighted by atomic mass is 79.9. The van der Waals surface area contributed by atoms with Crippen LogP contribution in [0, 0.1) is 6.92 Å². The molecule has 2 rings (SSSR count). The van der Waals surface area contributed by atoms with Crippen molar-refractivity contribution >= 4 is 50.0 Å². The summed E-state index contributed by atoms with van der Waals surface area (Å²) in [6, 6.07) is 1.72. The van der Waals surface area contributed by atoms with Gasteiger partial charge < -0.3 is 4.98 Å². The van der Waals surface area contributed by atoms with Crippen molar-refractivity contribution in [3.8, 4) is 0 Å². The van der Waals surface area contributed by atoms with Gasteiger partial charge in [-0.25, -0.2) is 0 Å². The maximum atomic E-state index is 12.5. The van der Waals surface area contributed by atoms with E-state index in [9.17, 15) is 4.79 Å². The summed E-state index contributed by atoms with van der Waals surface area (Å²) in [5.74, 6) is 0.159. The Morgan fingerprint density at radius 2 is 1.89 bits per heavy atom. The second-order valence-corrected chi connectivity index (χ2v) is 6.17. The van der Waals surface area contributed by atoms with Crippen molar-refractivity contribution in [2.75, 3.05) is 0 Å². The fourth-order valence-electron chi connectivity index (χ4n) is 2.16. The number of benzene rings is 1. The van der Waals surface area contributed by atoms with Gasteiger partial charge in [0.25, 0.3) is 0 Å². The van der Waals surface area contributed by atoms with Crippen LogP contribution >= 0.6 is 39.1 Å². The minimum atomic E-state index is 0.00974. The molecule has 0 saturated carbocycles. The fraction of sp³-hybridized carbons (Fsp3) is 0.308. The van der Waals surface area contributed by atoms with Crippen LogP contribution in [0.5, 0.6) is 0 Å². The van der Waals surface area contributed by atoms with Gasteiger partial charge in [-0.15, -0.1) is 0 Å². The first-order chi connectivity index (χ1) is 8.34. The van der Waals surface area contributed by atoms with Crippen molar-refractivity contribution in [2.45, 2.75) is 26.7 Å². The molecule has 1 aromatic carbocycles. The number of H-pyrrole nitrogens is 1. The van der Waals surface area contributed by atoms with E-state index in [4.69, 9.17) is 23.2 Å². The molecule has 0 aliphatic heterocycles. The molecule has 0 aliphatic carbocycles. The standard InChI is InChI=1S/C13H12BrCl2NO/c1-5(2)9-6(3)17-12-7(13(9)18)4-8(14)10(15)11(12)16/h4-5H,1-3H3,(H,17,18). The summed E-state index contributed by atoms with van der Waals surface area (Å²) in [5.41, 5.74) is 2.22. The highest BCUT2D eigenvalue weighted by Crippen LogP contribution is 2.35. The van der Waals surface area contributed by atoms with E-state index in [2.05, 4.69) is 20.9 Å². The second kappa shape index (κ2) is 4.87. The molecule has 0 radical (unpaired) electrons. The Balaban J connectivity index is 3.01. The number of hydrogen-bond acceptors (Lipinski definition) is 1. The third kappa shape index (κ3) is 2.09. The summed E-state index contributed by atoms with van der Waals surface area (Å²) in [5, 5.41) is 1.35. The van der Waals surface area contributed by atoms with Gasteiger partial charge in [0.2, 0.25) is 0 Å². The SMILES string of the molecule is Cc1[nH]c2c(Cl)c(Cl)c(Br)cc2c(=O)c1C(C)C. The molecule has 0 saturated heterocycles. The summed E-state index contributed by atoms with van der Waals surface area (Å²) < 4.78 is 0.630. The lowest BCUT2D eigenvalue weighted by Crippen LogP contribution is -2.15. The summed E-state index contributed by atoms with van der Waals surface area (Å²) in [6.45, 7) is 5.87. The predicted octanol–water partition coefficient (Wildman–Crippen LogP) is 5.03. The molecule has 1 aromatic heterocycles. The molecule has 0 spiro atoms. The second-order valence-electron chi connectivity index (χ2n) is 4.56. The number of aromatic nitrogens is 1. The molecule has 2 nitrogen and oxygen atoms in total. The quantitative estimate of drug-likeness (QED) is 0.720. The Labute approximate surface area is 123 Å². The van der Waals surface area contributed by atoms with E-state index in [1.54, 1.807) is 6.07 Å². The van der Waals surface area contributed by atoms with Gasteiger partial charge in [0, 0.05) is 21.1 Å². The van der Waals surface area contributed by atoms with E-state index in [1.165, 1.54) is 0 Å². The Morgan fingerprint density at radius 3 is 2.44 bits per heavy atom. The molecule has 0 fully saturated rings. The lowest BCUT2D eigenvalue weighted by molar-refractivity contribution is 0.839. The van der Waals surface area contributed by atoms with Crippen LogP contribution in [0.1, 0.15) is 31.0 Å². The molecule has 0 atom stereocenters. The topological polar surface area (TPSA) is 32.9 Å². The molecule has 0 bridgehead atoms. The highest BCUT2D eigenvalue weighted by molar-refractivity contribution is 9.10. The fourth-order valence-corrected chi connectivity index (χ4v) is 3.10. The molecule has 18 heavy (non-hydrogen) atoms. The number of fused-ring (bicyclic) bond motifs is 1. The van der Waals surface area contributed by atoms with Crippen LogP contribution in [0.4, 0.5) is 0 Å². The van der Waals surface area contributed by atoms with Gasteiger partial charge in [-0.05, 0) is 34.8 Å². The molecular weight excluding hydrogens is 337 g/mol. The first kappa shape index (κ1) is 13.9. The number of aromatic amines is 1. The highest BCUT2D eigenvalue weighted by Gasteiger charge is 2.16. The average molecular weight is 349 g/mol. The van der Waals surface area contributed by atoms with E-state index in [-0.39, 0.29) is 11.3 Å². The van der Waals surface area contributed by atoms with Crippen LogP contribution in [0.2, 0.25) is 10.0 Å². The zero-order chi connectivity index (χ0) is 13.6. The minimum Gasteiger partial charge on any atom is -0.357 e. The third-order valence-corrected chi connectivity index (χ3v) is 4.67. The first-order valence-corrected chi connectivity index (χ1v) is 7.09. The maximum absolute atomic E-state index is 12.5. The largest absolute Gasteiger partial charge is 0.357 e. The van der Waals surface area contributed by atoms with Gasteiger partial charge in [0.1, 0.15) is 0 Å². The van der Waals surface area contributed by atoms with Gasteiger partial charge in [-0.1, -0.05) is 37.0 Å². The lowest BCUT2D eigenvalue weighted by Gasteiger charge is -2.12. The summed E-state index contributed by atoms with van der Waals surface area (Å²) >= 11 is 15.6. The molecule has 1 N–H and O–H groups in total. The molecule has 2 aromatic rings. The molecular formula is C13H12BrCl2NO. The summed E-state index contributed by atoms with van der Waals surface area (Å²) in [6.07, 6.45) is 0. The monoisotopic (exact) mass is 347 g/mol. The minimum absolute atomic E-state index is 0.00974. The van der Waals surface area contributed by atoms with E-state index < -0.39 is 0 Å². The number of nitrogens with one attached hydrogen (secondary N) is 1. The zero-order valence-corrected chi connectivity index (χ0v) is 13.3. The van der Waals surface area contributed by atoms with Crippen LogP contribution in [0.3, 0.4) is 0 Å². The maximum Gasteiger partial charge on any atom is 0.193 e. The Hall–Kier alpha value is -0.510. The molecule has 5 heteroatoms. The van der Waals surface area contributed by atoms with E-state index in [1.807, 2.05) is 20.8 Å². The van der Waals surface area contributed by atoms with Crippen molar-refractivity contribution in [3.05, 3.63) is 42.1 Å². The van der Waals surface area contributed by atoms with E-state index in [0.29, 0.717) is 25.4 Å². The van der Waals surface area contributed by atoms with Gasteiger partial charge in [0.15, 0.2) is 5.43 Å². The van der Waals surface area contributed by atoms with E-state index in [0.717, 1.165) is 11.3 Å². The van der Waals surface area contributed by atoms with Crippen molar-refractivity contribution in [3.63, 3.8) is 0 Å². The van der Waals surface area contributed by atoms with E-state index >= 15 is 0 Å². The molecule has 0 aliphatic rings. The van der Waals surface area contributed by atoms with Crippen LogP contribution in [0.15, 0.2) is 15.3 Å². The smallest absolute Gasteiger partial charge is 0.193 e. The lowest BCUT2D eigenvalue weighted by atomic mass is 9.99. The predicted molar refractivity (Wildman–Crippen MR) is 81.1 cm³/mol. The van der Waals surface area contributed by atoms with Gasteiger partial charge in [-0.2, -0.15) is 0 Å². The van der Waals surface area contributed by atoms with Crippen LogP contribution in [0.25, 0.3) is 10.9 Å². The van der Waals surface area contributed by atoms with Crippen molar-refractivity contribution in [1.82, 2.24) is 4.98 Å². The van der Waals surface area contributed by atoms with Crippen molar-refractivity contribution < 1.29 is 0 Å². The molecule has 1 heterocycles. The van der Waals surface area contributed by atoms with Crippen LogP contribution in [-0.2, 0) is 0 Å². The Morgan fingerprint density at radius 1 is 1.28 bits per heavy atom. The van der Waals surface area contributed by atoms with Gasteiger partial charge in [-0.3, -0.25) is 4.79 Å². The molecule has 0 unspecified atom stereocenters. The van der Waals surface area contributed by atoms with Gasteiger partial charge in [0.05, 0.1) is 15.6 Å². The molecule has 0 amide bonds. The van der Waals surface area contributed by atoms with Crippen molar-refractivity contribution in [2.24, 2.45) is 0 Å². The Bertz CT molecular complexity index is 692. The first-order valence-electron chi connectivity index (χ1n) is 5.54. The van der Waals surface area contributed by atoms with Crippen molar-refractivity contribution in [1.29, 1.82) is 0 Å². The Kier molecular flexibility index (Phi) is 3.77.